The van der Waals surface area contributed by atoms with E-state index in [4.69, 9.17) is 9.47 Å². The van der Waals surface area contributed by atoms with Crippen LogP contribution in [-0.2, 0) is 0 Å². The number of anilines is 1. The molecule has 0 atom stereocenters. The second-order valence-electron chi connectivity index (χ2n) is 6.16. The minimum absolute atomic E-state index is 0.0181. The second kappa shape index (κ2) is 9.61. The molecule has 0 fully saturated rings. The fourth-order valence-corrected chi connectivity index (χ4v) is 3.65. The van der Waals surface area contributed by atoms with E-state index in [1.165, 1.54) is 16.2 Å². The summed E-state index contributed by atoms with van der Waals surface area (Å²) < 4.78 is 11.8. The van der Waals surface area contributed by atoms with Gasteiger partial charge in [0.25, 0.3) is 5.91 Å². The van der Waals surface area contributed by atoms with Crippen LogP contribution in [0.1, 0.15) is 31.1 Å². The molecule has 1 aromatic heterocycles. The highest BCUT2D eigenvalue weighted by molar-refractivity contribution is 7.99. The average molecular weight is 415 g/mol. The van der Waals surface area contributed by atoms with Crippen molar-refractivity contribution < 1.29 is 14.3 Å². The maximum atomic E-state index is 12.6. The first kappa shape index (κ1) is 20.2. The lowest BCUT2D eigenvalue weighted by atomic mass is 10.2. The third-order valence-corrected chi connectivity index (χ3v) is 5.12. The number of aromatic nitrogens is 1. The molecule has 7 heteroatoms. The monoisotopic (exact) mass is 414 g/mol. The first-order valence-electron chi connectivity index (χ1n) is 8.97. The fourth-order valence-electron chi connectivity index (χ4n) is 2.46. The van der Waals surface area contributed by atoms with Gasteiger partial charge in [-0.1, -0.05) is 6.92 Å². The van der Waals surface area contributed by atoms with Gasteiger partial charge in [-0.05, 0) is 56.0 Å². The lowest BCUT2D eigenvalue weighted by Gasteiger charge is -2.14. The van der Waals surface area contributed by atoms with E-state index in [-0.39, 0.29) is 12.0 Å². The molecule has 0 saturated carbocycles. The standard InChI is InChI=1S/C21H22N2O3S2/c1-4-27-19-7-5-16(6-8-19)26-18-12-15(11-17(13-18)25-14(2)3)20(24)23-21-22-9-10-28-21/h5-14H,4H2,1-3H3,(H,22,23,24). The molecule has 146 valence electrons. The molecule has 0 aliphatic rings. The Labute approximate surface area is 173 Å². The Balaban J connectivity index is 1.83. The number of ether oxygens (including phenoxy) is 2. The molecule has 0 bridgehead atoms. The van der Waals surface area contributed by atoms with Crippen LogP contribution in [0.5, 0.6) is 17.2 Å². The zero-order chi connectivity index (χ0) is 19.9. The lowest BCUT2D eigenvalue weighted by molar-refractivity contribution is 0.102. The van der Waals surface area contributed by atoms with Crippen molar-refractivity contribution in [3.05, 3.63) is 59.6 Å². The SMILES string of the molecule is CCSc1ccc(Oc2cc(OC(C)C)cc(C(=O)Nc3nccs3)c2)cc1. The molecular formula is C21H22N2O3S2. The molecule has 3 aromatic rings. The zero-order valence-electron chi connectivity index (χ0n) is 16.0. The Morgan fingerprint density at radius 1 is 1.14 bits per heavy atom. The van der Waals surface area contributed by atoms with Crippen LogP contribution in [0.15, 0.2) is 58.9 Å². The number of thiazole rings is 1. The van der Waals surface area contributed by atoms with Crippen molar-refractivity contribution in [1.82, 2.24) is 4.98 Å². The van der Waals surface area contributed by atoms with Crippen LogP contribution in [0.3, 0.4) is 0 Å². The van der Waals surface area contributed by atoms with E-state index in [0.29, 0.717) is 27.9 Å². The maximum Gasteiger partial charge on any atom is 0.257 e. The van der Waals surface area contributed by atoms with Crippen molar-refractivity contribution in [2.75, 3.05) is 11.1 Å². The topological polar surface area (TPSA) is 60.5 Å². The summed E-state index contributed by atoms with van der Waals surface area (Å²) in [5, 5.41) is 5.14. The highest BCUT2D eigenvalue weighted by atomic mass is 32.2. The number of benzene rings is 2. The quantitative estimate of drug-likeness (QED) is 0.452. The molecule has 5 nitrogen and oxygen atoms in total. The van der Waals surface area contributed by atoms with Crippen LogP contribution in [-0.4, -0.2) is 22.7 Å². The molecule has 0 saturated heterocycles. The van der Waals surface area contributed by atoms with Crippen LogP contribution in [0.2, 0.25) is 0 Å². The Bertz CT molecular complexity index is 910. The minimum Gasteiger partial charge on any atom is -0.491 e. The summed E-state index contributed by atoms with van der Waals surface area (Å²) >= 11 is 3.14. The predicted molar refractivity (Wildman–Crippen MR) is 115 cm³/mol. The normalized spacial score (nSPS) is 10.7. The Kier molecular flexibility index (Phi) is 6.95. The van der Waals surface area contributed by atoms with Crippen molar-refractivity contribution in [3.8, 4) is 17.2 Å². The van der Waals surface area contributed by atoms with E-state index < -0.39 is 0 Å². The van der Waals surface area contributed by atoms with Gasteiger partial charge < -0.3 is 9.47 Å². The van der Waals surface area contributed by atoms with E-state index >= 15 is 0 Å². The van der Waals surface area contributed by atoms with Gasteiger partial charge in [0.1, 0.15) is 17.2 Å². The van der Waals surface area contributed by atoms with Crippen molar-refractivity contribution in [2.45, 2.75) is 31.8 Å². The van der Waals surface area contributed by atoms with Crippen LogP contribution >= 0.6 is 23.1 Å². The molecule has 0 spiro atoms. The van der Waals surface area contributed by atoms with Crippen LogP contribution in [0, 0.1) is 0 Å². The van der Waals surface area contributed by atoms with E-state index in [0.717, 1.165) is 5.75 Å². The number of thioether (sulfide) groups is 1. The highest BCUT2D eigenvalue weighted by Gasteiger charge is 2.13. The third-order valence-electron chi connectivity index (χ3n) is 3.54. The van der Waals surface area contributed by atoms with Crippen molar-refractivity contribution >= 4 is 34.1 Å². The zero-order valence-corrected chi connectivity index (χ0v) is 17.6. The lowest BCUT2D eigenvalue weighted by Crippen LogP contribution is -2.13. The fraction of sp³-hybridized carbons (Fsp3) is 0.238. The van der Waals surface area contributed by atoms with Gasteiger partial charge in [-0.2, -0.15) is 0 Å². The molecule has 2 aromatic carbocycles. The maximum absolute atomic E-state index is 12.6. The Morgan fingerprint density at radius 3 is 2.54 bits per heavy atom. The number of rotatable bonds is 8. The van der Waals surface area contributed by atoms with Gasteiger partial charge in [0, 0.05) is 28.1 Å². The van der Waals surface area contributed by atoms with Gasteiger partial charge >= 0.3 is 0 Å². The van der Waals surface area contributed by atoms with Crippen LogP contribution in [0.4, 0.5) is 5.13 Å². The molecule has 0 unspecified atom stereocenters. The molecular weight excluding hydrogens is 392 g/mol. The molecule has 0 radical (unpaired) electrons. The summed E-state index contributed by atoms with van der Waals surface area (Å²) in [5.41, 5.74) is 0.446. The third kappa shape index (κ3) is 5.74. The molecule has 1 heterocycles. The Hall–Kier alpha value is -2.51. The molecule has 0 aliphatic carbocycles. The number of amides is 1. The average Bonchev–Trinajstić information content (AvgIpc) is 3.16. The van der Waals surface area contributed by atoms with Gasteiger partial charge in [0.2, 0.25) is 0 Å². The minimum atomic E-state index is -0.260. The number of nitrogens with zero attached hydrogens (tertiary/aromatic N) is 1. The summed E-state index contributed by atoms with van der Waals surface area (Å²) in [4.78, 5) is 17.9. The molecule has 1 amide bonds. The summed E-state index contributed by atoms with van der Waals surface area (Å²) in [6.07, 6.45) is 1.63. The summed E-state index contributed by atoms with van der Waals surface area (Å²) in [7, 11) is 0. The summed E-state index contributed by atoms with van der Waals surface area (Å²) in [5.74, 6) is 2.58. The highest BCUT2D eigenvalue weighted by Crippen LogP contribution is 2.30. The van der Waals surface area contributed by atoms with Gasteiger partial charge in [-0.25, -0.2) is 4.98 Å². The second-order valence-corrected chi connectivity index (χ2v) is 8.39. The number of carbonyl (C=O) groups excluding carboxylic acids is 1. The molecule has 1 N–H and O–H groups in total. The number of hydrogen-bond acceptors (Lipinski definition) is 6. The van der Waals surface area contributed by atoms with Crippen molar-refractivity contribution in [1.29, 1.82) is 0 Å². The summed E-state index contributed by atoms with van der Waals surface area (Å²) in [6.45, 7) is 5.99. The van der Waals surface area contributed by atoms with Gasteiger partial charge in [0.15, 0.2) is 5.13 Å². The van der Waals surface area contributed by atoms with Crippen LogP contribution in [0.25, 0.3) is 0 Å². The Morgan fingerprint density at radius 2 is 1.89 bits per heavy atom. The van der Waals surface area contributed by atoms with Crippen LogP contribution < -0.4 is 14.8 Å². The van der Waals surface area contributed by atoms with E-state index in [2.05, 4.69) is 17.2 Å². The molecule has 0 aliphatic heterocycles. The predicted octanol–water partition coefficient (Wildman–Crippen LogP) is 6.09. The molecule has 28 heavy (non-hydrogen) atoms. The number of hydrogen-bond donors (Lipinski definition) is 1. The van der Waals surface area contributed by atoms with E-state index in [1.54, 1.807) is 36.2 Å². The van der Waals surface area contributed by atoms with Crippen molar-refractivity contribution in [3.63, 3.8) is 0 Å². The van der Waals surface area contributed by atoms with Gasteiger partial charge in [-0.3, -0.25) is 10.1 Å². The van der Waals surface area contributed by atoms with Gasteiger partial charge in [-0.15, -0.1) is 23.1 Å². The van der Waals surface area contributed by atoms with Crippen molar-refractivity contribution in [2.24, 2.45) is 0 Å². The number of carbonyl (C=O) groups is 1. The van der Waals surface area contributed by atoms with E-state index in [1.807, 2.05) is 43.5 Å². The van der Waals surface area contributed by atoms with E-state index in [9.17, 15) is 4.79 Å². The molecule has 3 rings (SSSR count). The van der Waals surface area contributed by atoms with Gasteiger partial charge in [0.05, 0.1) is 6.10 Å². The largest absolute Gasteiger partial charge is 0.491 e. The first-order chi connectivity index (χ1) is 13.5. The smallest absolute Gasteiger partial charge is 0.257 e. The number of nitrogens with one attached hydrogen (secondary N) is 1. The summed E-state index contributed by atoms with van der Waals surface area (Å²) in [6, 6.07) is 13.1. The first-order valence-corrected chi connectivity index (χ1v) is 10.8.